The molecule has 0 spiro atoms. The fourth-order valence-electron chi connectivity index (χ4n) is 4.20. The summed E-state index contributed by atoms with van der Waals surface area (Å²) in [7, 11) is 0. The summed E-state index contributed by atoms with van der Waals surface area (Å²) in [6.07, 6.45) is -3.02. The van der Waals surface area contributed by atoms with Gasteiger partial charge < -0.3 is 25.0 Å². The lowest BCUT2D eigenvalue weighted by atomic mass is 10.0. The lowest BCUT2D eigenvalue weighted by Crippen LogP contribution is -2.41. The molecule has 2 heterocycles. The zero-order valence-corrected chi connectivity index (χ0v) is 21.5. The maximum absolute atomic E-state index is 13.6. The molecule has 8 nitrogen and oxygen atoms in total. The Hall–Kier alpha value is -3.47. The van der Waals surface area contributed by atoms with Crippen molar-refractivity contribution in [3.8, 4) is 11.3 Å². The summed E-state index contributed by atoms with van der Waals surface area (Å²) in [6.45, 7) is 10.8. The molecule has 2 aromatic heterocycles. The molecular weight excluding hydrogens is 485 g/mol. The van der Waals surface area contributed by atoms with E-state index in [4.69, 9.17) is 0 Å². The minimum absolute atomic E-state index is 0.0278. The molecule has 0 aliphatic rings. The van der Waals surface area contributed by atoms with E-state index in [9.17, 15) is 23.1 Å². The van der Waals surface area contributed by atoms with E-state index in [1.54, 1.807) is 6.92 Å². The maximum atomic E-state index is 13.6. The van der Waals surface area contributed by atoms with Gasteiger partial charge in [-0.05, 0) is 52.4 Å². The first-order chi connectivity index (χ1) is 17.6. The van der Waals surface area contributed by atoms with Crippen LogP contribution in [0.5, 0.6) is 0 Å². The van der Waals surface area contributed by atoms with Gasteiger partial charge in [-0.2, -0.15) is 13.2 Å². The Labute approximate surface area is 214 Å². The van der Waals surface area contributed by atoms with Gasteiger partial charge in [0.25, 0.3) is 0 Å². The van der Waals surface area contributed by atoms with Crippen LogP contribution in [0.15, 0.2) is 36.5 Å². The summed E-state index contributed by atoms with van der Waals surface area (Å²) in [6, 6.07) is 6.67. The number of amides is 1. The standard InChI is InChI=1S/C26H33F3N6O2/c1-5-34(6-2)14-10-11-17(4)31-20-15-22(35(7-3)25(36)37)33-24-23(20)32-21(16-30-24)18-12-8-9-13-19(18)26(27,28)29/h8-9,12-13,15-17H,5-7,10-11,14H2,1-4H3,(H,36,37)(H,30,31,33)/p-1. The van der Waals surface area contributed by atoms with Gasteiger partial charge >= 0.3 is 6.18 Å². The normalized spacial score (nSPS) is 12.6. The molecule has 3 aromatic rings. The van der Waals surface area contributed by atoms with E-state index < -0.39 is 17.8 Å². The number of nitrogens with zero attached hydrogens (tertiary/aromatic N) is 5. The van der Waals surface area contributed by atoms with E-state index in [-0.39, 0.29) is 40.8 Å². The fourth-order valence-corrected chi connectivity index (χ4v) is 4.20. The van der Waals surface area contributed by atoms with Gasteiger partial charge in [0.1, 0.15) is 17.4 Å². The van der Waals surface area contributed by atoms with Crippen molar-refractivity contribution in [3.05, 3.63) is 42.1 Å². The first-order valence-electron chi connectivity index (χ1n) is 12.4. The summed E-state index contributed by atoms with van der Waals surface area (Å²) in [5.74, 6) is 0.102. The Morgan fingerprint density at radius 2 is 1.81 bits per heavy atom. The van der Waals surface area contributed by atoms with Crippen molar-refractivity contribution < 1.29 is 23.1 Å². The smallest absolute Gasteiger partial charge is 0.417 e. The number of nitrogens with one attached hydrogen (secondary N) is 1. The number of hydrogen-bond donors (Lipinski definition) is 1. The molecule has 200 valence electrons. The van der Waals surface area contributed by atoms with Gasteiger partial charge in [0.2, 0.25) is 0 Å². The molecular formula is C26H32F3N6O2-. The highest BCUT2D eigenvalue weighted by Gasteiger charge is 2.34. The van der Waals surface area contributed by atoms with Crippen LogP contribution < -0.4 is 15.3 Å². The topological polar surface area (TPSA) is 97.3 Å². The second kappa shape index (κ2) is 12.2. The minimum atomic E-state index is -4.56. The molecule has 0 saturated heterocycles. The molecule has 1 amide bonds. The SMILES string of the molecule is CCN(CC)CCCC(C)Nc1cc(N(CC)C(=O)[O-])nc2ncc(-c3ccccc3C(F)(F)F)nc12. The van der Waals surface area contributed by atoms with Crippen LogP contribution in [0, 0.1) is 0 Å². The summed E-state index contributed by atoms with van der Waals surface area (Å²) >= 11 is 0. The van der Waals surface area contributed by atoms with Crippen molar-refractivity contribution in [3.63, 3.8) is 0 Å². The van der Waals surface area contributed by atoms with Crippen LogP contribution in [-0.2, 0) is 6.18 Å². The molecule has 37 heavy (non-hydrogen) atoms. The molecule has 0 radical (unpaired) electrons. The van der Waals surface area contributed by atoms with Gasteiger partial charge in [0.15, 0.2) is 5.65 Å². The van der Waals surface area contributed by atoms with Crippen molar-refractivity contribution >= 4 is 28.8 Å². The van der Waals surface area contributed by atoms with Crippen LogP contribution in [-0.4, -0.2) is 58.2 Å². The number of carbonyl (C=O) groups is 1. The monoisotopic (exact) mass is 517 g/mol. The fraction of sp³-hybridized carbons (Fsp3) is 0.462. The van der Waals surface area contributed by atoms with Crippen molar-refractivity contribution in [1.29, 1.82) is 0 Å². The van der Waals surface area contributed by atoms with Crippen LogP contribution in [0.25, 0.3) is 22.4 Å². The molecule has 1 aromatic carbocycles. The predicted octanol–water partition coefficient (Wildman–Crippen LogP) is 4.80. The summed E-state index contributed by atoms with van der Waals surface area (Å²) in [5, 5.41) is 15.0. The van der Waals surface area contributed by atoms with E-state index in [1.807, 2.05) is 6.92 Å². The largest absolute Gasteiger partial charge is 0.530 e. The number of halogens is 3. The summed E-state index contributed by atoms with van der Waals surface area (Å²) in [5.41, 5.74) is -0.0712. The first-order valence-corrected chi connectivity index (χ1v) is 12.4. The second-order valence-corrected chi connectivity index (χ2v) is 8.72. The third-order valence-electron chi connectivity index (χ3n) is 6.23. The van der Waals surface area contributed by atoms with Crippen molar-refractivity contribution in [2.45, 2.75) is 52.8 Å². The van der Waals surface area contributed by atoms with Gasteiger partial charge in [0.05, 0.1) is 23.1 Å². The highest BCUT2D eigenvalue weighted by atomic mass is 19.4. The Kier molecular flexibility index (Phi) is 9.25. The number of hydrogen-bond acceptors (Lipinski definition) is 7. The number of alkyl halides is 3. The van der Waals surface area contributed by atoms with Crippen LogP contribution in [0.3, 0.4) is 0 Å². The highest BCUT2D eigenvalue weighted by Crippen LogP contribution is 2.37. The molecule has 0 aliphatic carbocycles. The quantitative estimate of drug-likeness (QED) is 0.390. The Balaban J connectivity index is 2.04. The third kappa shape index (κ3) is 6.85. The lowest BCUT2D eigenvalue weighted by molar-refractivity contribution is -0.246. The molecule has 0 fully saturated rings. The second-order valence-electron chi connectivity index (χ2n) is 8.72. The molecule has 1 atom stereocenters. The van der Waals surface area contributed by atoms with Crippen molar-refractivity contribution in [2.75, 3.05) is 36.4 Å². The molecule has 1 unspecified atom stereocenters. The molecule has 3 rings (SSSR count). The van der Waals surface area contributed by atoms with Crippen LogP contribution in [0.4, 0.5) is 29.5 Å². The highest BCUT2D eigenvalue weighted by molar-refractivity contribution is 5.92. The number of fused-ring (bicyclic) bond motifs is 1. The average molecular weight is 518 g/mol. The zero-order valence-electron chi connectivity index (χ0n) is 21.5. The number of carbonyl (C=O) groups excluding carboxylic acids is 1. The van der Waals surface area contributed by atoms with E-state index in [2.05, 4.69) is 39.0 Å². The van der Waals surface area contributed by atoms with Crippen molar-refractivity contribution in [2.24, 2.45) is 0 Å². The average Bonchev–Trinajstić information content (AvgIpc) is 2.86. The predicted molar refractivity (Wildman–Crippen MR) is 136 cm³/mol. The Morgan fingerprint density at radius 3 is 2.43 bits per heavy atom. The van der Waals surface area contributed by atoms with Crippen LogP contribution >= 0.6 is 0 Å². The van der Waals surface area contributed by atoms with Gasteiger partial charge in [-0.15, -0.1) is 0 Å². The number of anilines is 2. The van der Waals surface area contributed by atoms with Gasteiger partial charge in [0, 0.05) is 24.2 Å². The number of rotatable bonds is 11. The van der Waals surface area contributed by atoms with E-state index in [1.165, 1.54) is 30.5 Å². The third-order valence-corrected chi connectivity index (χ3v) is 6.23. The Bertz CT molecular complexity index is 1220. The summed E-state index contributed by atoms with van der Waals surface area (Å²) < 4.78 is 40.9. The molecule has 0 bridgehead atoms. The summed E-state index contributed by atoms with van der Waals surface area (Å²) in [4.78, 5) is 28.0. The van der Waals surface area contributed by atoms with Gasteiger partial charge in [-0.3, -0.25) is 0 Å². The number of carboxylic acid groups (broad SMARTS) is 1. The molecule has 11 heteroatoms. The van der Waals surface area contributed by atoms with E-state index in [0.717, 1.165) is 43.4 Å². The number of aromatic nitrogens is 3. The molecule has 0 saturated carbocycles. The number of pyridine rings is 1. The first kappa shape index (κ1) is 28.1. The molecule has 1 N–H and O–H groups in total. The van der Waals surface area contributed by atoms with Crippen LogP contribution in [0.1, 0.15) is 46.1 Å². The van der Waals surface area contributed by atoms with Crippen LogP contribution in [0.2, 0.25) is 0 Å². The van der Waals surface area contributed by atoms with Crippen molar-refractivity contribution in [1.82, 2.24) is 19.9 Å². The van der Waals surface area contributed by atoms with Gasteiger partial charge in [-0.1, -0.05) is 32.0 Å². The van der Waals surface area contributed by atoms with E-state index >= 15 is 0 Å². The Morgan fingerprint density at radius 1 is 1.11 bits per heavy atom. The van der Waals surface area contributed by atoms with Gasteiger partial charge in [-0.25, -0.2) is 15.0 Å². The lowest BCUT2D eigenvalue weighted by Gasteiger charge is -2.24. The minimum Gasteiger partial charge on any atom is -0.530 e. The molecule has 0 aliphatic heterocycles. The number of benzene rings is 1. The zero-order chi connectivity index (χ0) is 27.2. The van der Waals surface area contributed by atoms with E-state index in [0.29, 0.717) is 5.69 Å². The maximum Gasteiger partial charge on any atom is 0.417 e.